The highest BCUT2D eigenvalue weighted by atomic mass is 16.2. The van der Waals surface area contributed by atoms with E-state index >= 15 is 0 Å². The van der Waals surface area contributed by atoms with Gasteiger partial charge in [0.1, 0.15) is 0 Å². The van der Waals surface area contributed by atoms with Gasteiger partial charge in [0.05, 0.1) is 6.04 Å². The molecule has 6 nitrogen and oxygen atoms in total. The smallest absolute Gasteiger partial charge is 0.253 e. The highest BCUT2D eigenvalue weighted by Crippen LogP contribution is 2.31. The third-order valence-corrected chi connectivity index (χ3v) is 5.56. The topological polar surface area (TPSA) is 64.7 Å². The Labute approximate surface area is 179 Å². The summed E-state index contributed by atoms with van der Waals surface area (Å²) in [5.74, 6) is -0.0110. The molecule has 3 rings (SSSR count). The summed E-state index contributed by atoms with van der Waals surface area (Å²) in [4.78, 5) is 28.5. The number of carbonyl (C=O) groups excluding carboxylic acids is 2. The van der Waals surface area contributed by atoms with Crippen LogP contribution in [0.3, 0.4) is 0 Å². The Bertz CT molecular complexity index is 856. The van der Waals surface area contributed by atoms with Crippen molar-refractivity contribution in [1.29, 1.82) is 0 Å². The molecule has 1 fully saturated rings. The lowest BCUT2D eigenvalue weighted by molar-refractivity contribution is -0.114. The predicted molar refractivity (Wildman–Crippen MR) is 121 cm³/mol. The predicted octanol–water partition coefficient (Wildman–Crippen LogP) is 3.12. The minimum Gasteiger partial charge on any atom is -0.339 e. The lowest BCUT2D eigenvalue weighted by atomic mass is 9.95. The molecule has 160 valence electrons. The first-order chi connectivity index (χ1) is 14.5. The zero-order valence-electron chi connectivity index (χ0n) is 18.1. The lowest BCUT2D eigenvalue weighted by Gasteiger charge is -2.36. The van der Waals surface area contributed by atoms with Crippen LogP contribution in [-0.2, 0) is 4.79 Å². The molecular weight excluding hydrogens is 376 g/mol. The monoisotopic (exact) mass is 408 g/mol. The molecule has 2 aromatic carbocycles. The van der Waals surface area contributed by atoms with Crippen LogP contribution in [0.5, 0.6) is 0 Å². The molecule has 2 amide bonds. The molecule has 0 aromatic heterocycles. The van der Waals surface area contributed by atoms with Gasteiger partial charge in [-0.15, -0.1) is 0 Å². The van der Waals surface area contributed by atoms with Crippen LogP contribution in [0.25, 0.3) is 0 Å². The summed E-state index contributed by atoms with van der Waals surface area (Å²) >= 11 is 0. The minimum atomic E-state index is -0.0786. The van der Waals surface area contributed by atoms with Crippen molar-refractivity contribution in [2.75, 3.05) is 44.6 Å². The van der Waals surface area contributed by atoms with Gasteiger partial charge in [0.25, 0.3) is 5.91 Å². The fourth-order valence-electron chi connectivity index (χ4n) is 4.05. The first-order valence-corrected chi connectivity index (χ1v) is 10.7. The van der Waals surface area contributed by atoms with Gasteiger partial charge < -0.3 is 15.5 Å². The second-order valence-corrected chi connectivity index (χ2v) is 7.59. The van der Waals surface area contributed by atoms with Crippen molar-refractivity contribution in [1.82, 2.24) is 15.1 Å². The van der Waals surface area contributed by atoms with Gasteiger partial charge in [-0.1, -0.05) is 24.3 Å². The Hall–Kier alpha value is -2.70. The number of anilines is 1. The van der Waals surface area contributed by atoms with Crippen LogP contribution in [-0.4, -0.2) is 60.9 Å². The first-order valence-electron chi connectivity index (χ1n) is 10.7. The molecule has 0 saturated carbocycles. The number of nitrogens with zero attached hydrogens (tertiary/aromatic N) is 2. The Kier molecular flexibility index (Phi) is 7.60. The number of piperazine rings is 1. The van der Waals surface area contributed by atoms with Gasteiger partial charge in [-0.2, -0.15) is 0 Å². The van der Waals surface area contributed by atoms with E-state index < -0.39 is 0 Å². The molecule has 2 N–H and O–H groups in total. The number of carbonyl (C=O) groups is 2. The second kappa shape index (κ2) is 10.4. The molecule has 0 bridgehead atoms. The minimum absolute atomic E-state index is 0.0675. The summed E-state index contributed by atoms with van der Waals surface area (Å²) < 4.78 is 0. The average Bonchev–Trinajstić information content (AvgIpc) is 2.76. The molecule has 1 heterocycles. The standard InChI is InChI=1S/C24H32N4O2/c1-4-27(5-2)24(30)20-11-9-19(10-12-20)23(28-15-13-25-14-16-28)21-7-6-8-22(17-21)26-18(3)29/h6-12,17,23,25H,4-5,13-16H2,1-3H3,(H,26,29). The van der Waals surface area contributed by atoms with Crippen LogP contribution < -0.4 is 10.6 Å². The Morgan fingerprint density at radius 1 is 1.03 bits per heavy atom. The first kappa shape index (κ1) is 22.0. The van der Waals surface area contributed by atoms with E-state index in [1.54, 1.807) is 0 Å². The Morgan fingerprint density at radius 2 is 1.70 bits per heavy atom. The Morgan fingerprint density at radius 3 is 2.30 bits per heavy atom. The van der Waals surface area contributed by atoms with E-state index in [1.165, 1.54) is 6.92 Å². The van der Waals surface area contributed by atoms with Gasteiger partial charge in [0.2, 0.25) is 5.91 Å². The zero-order chi connectivity index (χ0) is 21.5. The summed E-state index contributed by atoms with van der Waals surface area (Å²) in [5, 5.41) is 6.29. The maximum Gasteiger partial charge on any atom is 0.253 e. The largest absolute Gasteiger partial charge is 0.339 e. The van der Waals surface area contributed by atoms with Crippen molar-refractivity contribution in [2.45, 2.75) is 26.8 Å². The number of rotatable bonds is 7. The van der Waals surface area contributed by atoms with E-state index in [-0.39, 0.29) is 17.9 Å². The molecule has 2 aromatic rings. The van der Waals surface area contributed by atoms with Crippen molar-refractivity contribution >= 4 is 17.5 Å². The lowest BCUT2D eigenvalue weighted by Crippen LogP contribution is -2.45. The number of amides is 2. The molecular formula is C24H32N4O2. The fraction of sp³-hybridized carbons (Fsp3) is 0.417. The molecule has 30 heavy (non-hydrogen) atoms. The van der Waals surface area contributed by atoms with E-state index in [0.29, 0.717) is 18.7 Å². The summed E-state index contributed by atoms with van der Waals surface area (Å²) in [6.07, 6.45) is 0. The van der Waals surface area contributed by atoms with Crippen LogP contribution >= 0.6 is 0 Å². The summed E-state index contributed by atoms with van der Waals surface area (Å²) in [7, 11) is 0. The quantitative estimate of drug-likeness (QED) is 0.739. The molecule has 0 radical (unpaired) electrons. The normalized spacial score (nSPS) is 15.4. The molecule has 1 saturated heterocycles. The van der Waals surface area contributed by atoms with Crippen LogP contribution in [0.1, 0.15) is 48.3 Å². The molecule has 0 spiro atoms. The third kappa shape index (κ3) is 5.26. The summed E-state index contributed by atoms with van der Waals surface area (Å²) in [6, 6.07) is 16.1. The van der Waals surface area contributed by atoms with Crippen molar-refractivity contribution in [2.24, 2.45) is 0 Å². The van der Waals surface area contributed by atoms with E-state index in [9.17, 15) is 9.59 Å². The number of hydrogen-bond donors (Lipinski definition) is 2. The molecule has 1 aliphatic rings. The van der Waals surface area contributed by atoms with Gasteiger partial charge in [-0.25, -0.2) is 0 Å². The van der Waals surface area contributed by atoms with Crippen molar-refractivity contribution in [3.8, 4) is 0 Å². The second-order valence-electron chi connectivity index (χ2n) is 7.59. The van der Waals surface area contributed by atoms with E-state index in [1.807, 2.05) is 49.1 Å². The molecule has 1 aliphatic heterocycles. The maximum atomic E-state index is 12.7. The van der Waals surface area contributed by atoms with Crippen molar-refractivity contribution < 1.29 is 9.59 Å². The molecule has 6 heteroatoms. The van der Waals surface area contributed by atoms with E-state index in [2.05, 4.69) is 33.7 Å². The highest BCUT2D eigenvalue weighted by Gasteiger charge is 2.24. The van der Waals surface area contributed by atoms with Crippen LogP contribution in [0, 0.1) is 0 Å². The number of hydrogen-bond acceptors (Lipinski definition) is 4. The fourth-order valence-corrected chi connectivity index (χ4v) is 4.05. The van der Waals surface area contributed by atoms with Gasteiger partial charge in [0, 0.05) is 57.4 Å². The summed E-state index contributed by atoms with van der Waals surface area (Å²) in [5.41, 5.74) is 3.79. The van der Waals surface area contributed by atoms with Gasteiger partial charge in [0.15, 0.2) is 0 Å². The average molecular weight is 409 g/mol. The SMILES string of the molecule is CCN(CC)C(=O)c1ccc(C(c2cccc(NC(C)=O)c2)N2CCNCC2)cc1. The number of nitrogens with one attached hydrogen (secondary N) is 2. The third-order valence-electron chi connectivity index (χ3n) is 5.56. The Balaban J connectivity index is 1.93. The molecule has 0 aliphatic carbocycles. The van der Waals surface area contributed by atoms with E-state index in [4.69, 9.17) is 0 Å². The van der Waals surface area contributed by atoms with Crippen LogP contribution in [0.2, 0.25) is 0 Å². The van der Waals surface area contributed by atoms with Crippen molar-refractivity contribution in [3.63, 3.8) is 0 Å². The zero-order valence-corrected chi connectivity index (χ0v) is 18.1. The number of benzene rings is 2. The van der Waals surface area contributed by atoms with Gasteiger partial charge >= 0.3 is 0 Å². The van der Waals surface area contributed by atoms with Gasteiger partial charge in [-0.05, 0) is 49.2 Å². The highest BCUT2D eigenvalue weighted by molar-refractivity contribution is 5.94. The molecule has 1 atom stereocenters. The summed E-state index contributed by atoms with van der Waals surface area (Å²) in [6.45, 7) is 10.7. The maximum absolute atomic E-state index is 12.7. The molecule has 1 unspecified atom stereocenters. The van der Waals surface area contributed by atoms with Crippen LogP contribution in [0.4, 0.5) is 5.69 Å². The van der Waals surface area contributed by atoms with Gasteiger partial charge in [-0.3, -0.25) is 14.5 Å². The van der Waals surface area contributed by atoms with Crippen LogP contribution in [0.15, 0.2) is 48.5 Å². The van der Waals surface area contributed by atoms with Crippen molar-refractivity contribution in [3.05, 3.63) is 65.2 Å². The van der Waals surface area contributed by atoms with E-state index in [0.717, 1.165) is 43.0 Å².